The van der Waals surface area contributed by atoms with Crippen LogP contribution in [-0.4, -0.2) is 36.6 Å². The molecule has 3 rings (SSSR count). The lowest BCUT2D eigenvalue weighted by Crippen LogP contribution is -2.45. The Morgan fingerprint density at radius 3 is 2.86 bits per heavy atom. The van der Waals surface area contributed by atoms with Crippen LogP contribution in [0, 0.1) is 6.92 Å². The number of piperazine rings is 1. The highest BCUT2D eigenvalue weighted by Crippen LogP contribution is 2.27. The average molecular weight is 303 g/mol. The minimum absolute atomic E-state index is 0.408. The third-order valence-electron chi connectivity index (χ3n) is 4.05. The van der Waals surface area contributed by atoms with Crippen molar-refractivity contribution in [2.45, 2.75) is 19.5 Å². The van der Waals surface area contributed by atoms with E-state index in [1.807, 2.05) is 17.6 Å². The van der Waals surface area contributed by atoms with Gasteiger partial charge in [-0.3, -0.25) is 4.90 Å². The van der Waals surface area contributed by atoms with E-state index in [0.717, 1.165) is 37.6 Å². The molecule has 1 N–H and O–H groups in total. The van der Waals surface area contributed by atoms with Crippen molar-refractivity contribution in [1.29, 1.82) is 0 Å². The van der Waals surface area contributed by atoms with Crippen molar-refractivity contribution in [2.24, 2.45) is 0 Å². The number of thiazole rings is 1. The van der Waals surface area contributed by atoms with Crippen LogP contribution in [0.5, 0.6) is 5.75 Å². The molecule has 0 spiro atoms. The van der Waals surface area contributed by atoms with Gasteiger partial charge in [0.1, 0.15) is 5.75 Å². The third-order valence-corrected chi connectivity index (χ3v) is 4.97. The summed E-state index contributed by atoms with van der Waals surface area (Å²) >= 11 is 1.75. The lowest BCUT2D eigenvalue weighted by molar-refractivity contribution is 0.155. The summed E-state index contributed by atoms with van der Waals surface area (Å²) in [5.41, 5.74) is 4.44. The van der Waals surface area contributed by atoms with E-state index in [2.05, 4.69) is 34.3 Å². The van der Waals surface area contributed by atoms with Crippen LogP contribution in [-0.2, 0) is 6.54 Å². The molecule has 2 heterocycles. The molecule has 1 unspecified atom stereocenters. The summed E-state index contributed by atoms with van der Waals surface area (Å²) < 4.78 is 5.25. The van der Waals surface area contributed by atoms with Gasteiger partial charge in [-0.1, -0.05) is 12.1 Å². The number of benzene rings is 1. The molecule has 1 aromatic heterocycles. The SMILES string of the molecule is COc1ccc(C2CNCCN2Cc2scnc2C)cc1. The van der Waals surface area contributed by atoms with Gasteiger partial charge in [-0.2, -0.15) is 0 Å². The number of rotatable bonds is 4. The van der Waals surface area contributed by atoms with E-state index in [0.29, 0.717) is 6.04 Å². The second-order valence-electron chi connectivity index (χ2n) is 5.32. The van der Waals surface area contributed by atoms with Crippen LogP contribution < -0.4 is 10.1 Å². The zero-order valence-electron chi connectivity index (χ0n) is 12.5. The molecule has 1 aromatic carbocycles. The number of aromatic nitrogens is 1. The lowest BCUT2D eigenvalue weighted by atomic mass is 10.0. The van der Waals surface area contributed by atoms with Crippen LogP contribution in [0.25, 0.3) is 0 Å². The van der Waals surface area contributed by atoms with E-state index in [4.69, 9.17) is 4.74 Å². The Hall–Kier alpha value is -1.43. The molecule has 0 saturated carbocycles. The summed E-state index contributed by atoms with van der Waals surface area (Å²) in [5.74, 6) is 0.910. The molecule has 1 aliphatic heterocycles. The monoisotopic (exact) mass is 303 g/mol. The van der Waals surface area contributed by atoms with E-state index in [-0.39, 0.29) is 0 Å². The molecular weight excluding hydrogens is 282 g/mol. The largest absolute Gasteiger partial charge is 0.497 e. The Bertz CT molecular complexity index is 581. The van der Waals surface area contributed by atoms with Crippen molar-refractivity contribution in [3.63, 3.8) is 0 Å². The molecular formula is C16H21N3OS. The van der Waals surface area contributed by atoms with Crippen LogP contribution in [0.2, 0.25) is 0 Å². The molecule has 1 fully saturated rings. The summed E-state index contributed by atoms with van der Waals surface area (Å²) in [7, 11) is 1.70. The molecule has 5 heteroatoms. The summed E-state index contributed by atoms with van der Waals surface area (Å²) in [6.45, 7) is 6.17. The van der Waals surface area contributed by atoms with Crippen LogP contribution >= 0.6 is 11.3 Å². The molecule has 2 aromatic rings. The normalized spacial score (nSPS) is 19.6. The molecule has 21 heavy (non-hydrogen) atoms. The molecule has 0 aliphatic carbocycles. The maximum atomic E-state index is 5.25. The van der Waals surface area contributed by atoms with Gasteiger partial charge in [-0.15, -0.1) is 11.3 Å². The van der Waals surface area contributed by atoms with Crippen molar-refractivity contribution in [2.75, 3.05) is 26.7 Å². The van der Waals surface area contributed by atoms with Crippen molar-refractivity contribution in [1.82, 2.24) is 15.2 Å². The number of methoxy groups -OCH3 is 1. The highest BCUT2D eigenvalue weighted by Gasteiger charge is 2.24. The Balaban J connectivity index is 1.78. The van der Waals surface area contributed by atoms with E-state index >= 15 is 0 Å². The first-order valence-corrected chi connectivity index (χ1v) is 8.13. The number of aryl methyl sites for hydroxylation is 1. The van der Waals surface area contributed by atoms with Gasteiger partial charge in [0.15, 0.2) is 0 Å². The van der Waals surface area contributed by atoms with Gasteiger partial charge in [0, 0.05) is 37.1 Å². The fraction of sp³-hybridized carbons (Fsp3) is 0.438. The maximum absolute atomic E-state index is 5.25. The van der Waals surface area contributed by atoms with Gasteiger partial charge in [0.05, 0.1) is 18.3 Å². The first-order valence-electron chi connectivity index (χ1n) is 7.25. The Kier molecular flexibility index (Phi) is 4.53. The van der Waals surface area contributed by atoms with Gasteiger partial charge in [-0.05, 0) is 24.6 Å². The van der Waals surface area contributed by atoms with Gasteiger partial charge in [0.2, 0.25) is 0 Å². The molecule has 4 nitrogen and oxygen atoms in total. The lowest BCUT2D eigenvalue weighted by Gasteiger charge is -2.36. The van der Waals surface area contributed by atoms with Crippen molar-refractivity contribution < 1.29 is 4.74 Å². The second-order valence-corrected chi connectivity index (χ2v) is 6.26. The molecule has 0 bridgehead atoms. The van der Waals surface area contributed by atoms with E-state index in [1.165, 1.54) is 10.4 Å². The predicted octanol–water partition coefficient (Wildman–Crippen LogP) is 2.61. The van der Waals surface area contributed by atoms with Gasteiger partial charge in [-0.25, -0.2) is 4.98 Å². The van der Waals surface area contributed by atoms with Crippen LogP contribution in [0.3, 0.4) is 0 Å². The zero-order chi connectivity index (χ0) is 14.7. The number of nitrogens with one attached hydrogen (secondary N) is 1. The Labute approximate surface area is 129 Å². The quantitative estimate of drug-likeness (QED) is 0.942. The van der Waals surface area contributed by atoms with E-state index in [1.54, 1.807) is 18.4 Å². The molecule has 0 amide bonds. The summed E-state index contributed by atoms with van der Waals surface area (Å²) in [6.07, 6.45) is 0. The van der Waals surface area contributed by atoms with Crippen LogP contribution in [0.1, 0.15) is 22.2 Å². The summed E-state index contributed by atoms with van der Waals surface area (Å²) in [4.78, 5) is 8.27. The number of hydrogen-bond donors (Lipinski definition) is 1. The smallest absolute Gasteiger partial charge is 0.118 e. The maximum Gasteiger partial charge on any atom is 0.118 e. The van der Waals surface area contributed by atoms with Gasteiger partial charge >= 0.3 is 0 Å². The topological polar surface area (TPSA) is 37.4 Å². The second kappa shape index (κ2) is 6.56. The molecule has 1 saturated heterocycles. The van der Waals surface area contributed by atoms with Crippen LogP contribution in [0.15, 0.2) is 29.8 Å². The zero-order valence-corrected chi connectivity index (χ0v) is 13.3. The first kappa shape index (κ1) is 14.5. The first-order chi connectivity index (χ1) is 10.3. The third kappa shape index (κ3) is 3.26. The number of hydrogen-bond acceptors (Lipinski definition) is 5. The highest BCUT2D eigenvalue weighted by atomic mass is 32.1. The molecule has 1 aliphatic rings. The number of nitrogens with zero attached hydrogens (tertiary/aromatic N) is 2. The fourth-order valence-electron chi connectivity index (χ4n) is 2.75. The fourth-order valence-corrected chi connectivity index (χ4v) is 3.55. The highest BCUT2D eigenvalue weighted by molar-refractivity contribution is 7.09. The van der Waals surface area contributed by atoms with Crippen molar-refractivity contribution in [3.8, 4) is 5.75 Å². The minimum Gasteiger partial charge on any atom is -0.497 e. The standard InChI is InChI=1S/C16H21N3OS/c1-12-16(21-11-18-12)10-19-8-7-17-9-15(19)13-3-5-14(20-2)6-4-13/h3-6,11,15,17H,7-10H2,1-2H3. The molecule has 0 radical (unpaired) electrons. The van der Waals surface area contributed by atoms with E-state index in [9.17, 15) is 0 Å². The molecule has 1 atom stereocenters. The minimum atomic E-state index is 0.408. The summed E-state index contributed by atoms with van der Waals surface area (Å²) in [6, 6.07) is 8.83. The average Bonchev–Trinajstić information content (AvgIpc) is 2.93. The van der Waals surface area contributed by atoms with Crippen molar-refractivity contribution >= 4 is 11.3 Å². The number of ether oxygens (including phenoxy) is 1. The Morgan fingerprint density at radius 2 is 2.19 bits per heavy atom. The van der Waals surface area contributed by atoms with Gasteiger partial charge < -0.3 is 10.1 Å². The Morgan fingerprint density at radius 1 is 1.38 bits per heavy atom. The van der Waals surface area contributed by atoms with Gasteiger partial charge in [0.25, 0.3) is 0 Å². The van der Waals surface area contributed by atoms with Crippen LogP contribution in [0.4, 0.5) is 0 Å². The molecule has 112 valence electrons. The van der Waals surface area contributed by atoms with Crippen molar-refractivity contribution in [3.05, 3.63) is 45.9 Å². The summed E-state index contributed by atoms with van der Waals surface area (Å²) in [5, 5.41) is 3.50. The predicted molar refractivity (Wildman–Crippen MR) is 85.9 cm³/mol. The van der Waals surface area contributed by atoms with E-state index < -0.39 is 0 Å².